The van der Waals surface area contributed by atoms with E-state index in [4.69, 9.17) is 4.74 Å². The summed E-state index contributed by atoms with van der Waals surface area (Å²) < 4.78 is 5.73. The Balaban J connectivity index is 1.98. The van der Waals surface area contributed by atoms with Gasteiger partial charge >= 0.3 is 0 Å². The second-order valence-corrected chi connectivity index (χ2v) is 6.89. The molecule has 0 radical (unpaired) electrons. The summed E-state index contributed by atoms with van der Waals surface area (Å²) in [7, 11) is 0. The van der Waals surface area contributed by atoms with Gasteiger partial charge in [-0.15, -0.1) is 0 Å². The van der Waals surface area contributed by atoms with Crippen molar-refractivity contribution in [1.29, 1.82) is 0 Å². The average Bonchev–Trinajstić information content (AvgIpc) is 2.46. The quantitative estimate of drug-likeness (QED) is 0.889. The fourth-order valence-corrected chi connectivity index (χ4v) is 2.26. The first-order chi connectivity index (χ1) is 10.8. The summed E-state index contributed by atoms with van der Waals surface area (Å²) in [6, 6.07) is 15.6. The molecule has 3 nitrogen and oxygen atoms in total. The minimum atomic E-state index is -0.559. The van der Waals surface area contributed by atoms with E-state index in [-0.39, 0.29) is 11.3 Å². The molecule has 2 aromatic rings. The number of carbonyl (C=O) groups is 1. The van der Waals surface area contributed by atoms with Gasteiger partial charge in [0, 0.05) is 5.69 Å². The number of aryl methyl sites for hydroxylation is 1. The molecule has 1 N–H and O–H groups in total. The van der Waals surface area contributed by atoms with Crippen molar-refractivity contribution in [2.45, 2.75) is 46.1 Å². The van der Waals surface area contributed by atoms with Gasteiger partial charge in [-0.05, 0) is 54.7 Å². The van der Waals surface area contributed by atoms with Crippen molar-refractivity contribution in [2.24, 2.45) is 0 Å². The van der Waals surface area contributed by atoms with Crippen molar-refractivity contribution in [2.75, 3.05) is 5.32 Å². The summed E-state index contributed by atoms with van der Waals surface area (Å²) in [6.45, 7) is 10.2. The van der Waals surface area contributed by atoms with Crippen molar-refractivity contribution in [3.05, 3.63) is 59.7 Å². The summed E-state index contributed by atoms with van der Waals surface area (Å²) in [6.07, 6.45) is -0.559. The fourth-order valence-electron chi connectivity index (χ4n) is 2.26. The smallest absolute Gasteiger partial charge is 0.265 e. The maximum atomic E-state index is 12.2. The third-order valence-electron chi connectivity index (χ3n) is 3.69. The van der Waals surface area contributed by atoms with Crippen LogP contribution in [0.25, 0.3) is 0 Å². The maximum absolute atomic E-state index is 12.2. The van der Waals surface area contributed by atoms with Crippen LogP contribution in [0.2, 0.25) is 0 Å². The van der Waals surface area contributed by atoms with E-state index in [1.165, 1.54) is 5.56 Å². The first kappa shape index (κ1) is 17.1. The molecule has 23 heavy (non-hydrogen) atoms. The van der Waals surface area contributed by atoms with Gasteiger partial charge in [-0.1, -0.05) is 45.0 Å². The van der Waals surface area contributed by atoms with E-state index in [1.807, 2.05) is 55.5 Å². The molecule has 0 saturated heterocycles. The van der Waals surface area contributed by atoms with Crippen LogP contribution < -0.4 is 10.1 Å². The van der Waals surface area contributed by atoms with Gasteiger partial charge < -0.3 is 10.1 Å². The molecule has 0 unspecified atom stereocenters. The van der Waals surface area contributed by atoms with Crippen LogP contribution in [-0.4, -0.2) is 12.0 Å². The van der Waals surface area contributed by atoms with Crippen LogP contribution in [0, 0.1) is 6.92 Å². The summed E-state index contributed by atoms with van der Waals surface area (Å²) in [5, 5.41) is 2.87. The Morgan fingerprint density at radius 1 is 1.09 bits per heavy atom. The van der Waals surface area contributed by atoms with Gasteiger partial charge in [0.05, 0.1) is 0 Å². The number of ether oxygens (including phenoxy) is 1. The lowest BCUT2D eigenvalue weighted by Gasteiger charge is -2.20. The zero-order valence-corrected chi connectivity index (χ0v) is 14.5. The lowest BCUT2D eigenvalue weighted by Crippen LogP contribution is -2.30. The van der Waals surface area contributed by atoms with Crippen molar-refractivity contribution in [1.82, 2.24) is 0 Å². The molecule has 1 atom stereocenters. The number of rotatable bonds is 4. The fraction of sp³-hybridized carbons (Fsp3) is 0.350. The first-order valence-electron chi connectivity index (χ1n) is 7.90. The van der Waals surface area contributed by atoms with Gasteiger partial charge in [0.1, 0.15) is 5.75 Å². The number of hydrogen-bond donors (Lipinski definition) is 1. The minimum absolute atomic E-state index is 0.104. The minimum Gasteiger partial charge on any atom is -0.481 e. The normalized spacial score (nSPS) is 12.6. The van der Waals surface area contributed by atoms with Crippen LogP contribution in [0.1, 0.15) is 38.8 Å². The molecule has 2 rings (SSSR count). The van der Waals surface area contributed by atoms with E-state index < -0.39 is 6.10 Å². The first-order valence-corrected chi connectivity index (χ1v) is 7.90. The third kappa shape index (κ3) is 4.85. The monoisotopic (exact) mass is 311 g/mol. The number of carbonyl (C=O) groups excluding carboxylic acids is 1. The lowest BCUT2D eigenvalue weighted by atomic mass is 9.87. The molecule has 0 fully saturated rings. The van der Waals surface area contributed by atoms with Gasteiger partial charge in [-0.25, -0.2) is 0 Å². The zero-order chi connectivity index (χ0) is 17.0. The van der Waals surface area contributed by atoms with Crippen LogP contribution in [0.15, 0.2) is 48.5 Å². The molecule has 0 bridgehead atoms. The highest BCUT2D eigenvalue weighted by Crippen LogP contribution is 2.24. The van der Waals surface area contributed by atoms with Crippen LogP contribution in [0.5, 0.6) is 5.75 Å². The zero-order valence-electron chi connectivity index (χ0n) is 14.5. The maximum Gasteiger partial charge on any atom is 0.265 e. The molecule has 0 aliphatic carbocycles. The van der Waals surface area contributed by atoms with Crippen molar-refractivity contribution in [3.8, 4) is 5.75 Å². The Hall–Kier alpha value is -2.29. The van der Waals surface area contributed by atoms with E-state index in [9.17, 15) is 4.79 Å². The van der Waals surface area contributed by atoms with E-state index in [0.29, 0.717) is 5.75 Å². The van der Waals surface area contributed by atoms with Crippen LogP contribution in [-0.2, 0) is 10.2 Å². The molecular formula is C20H25NO2. The lowest BCUT2D eigenvalue weighted by molar-refractivity contribution is -0.122. The predicted molar refractivity (Wildman–Crippen MR) is 95.0 cm³/mol. The van der Waals surface area contributed by atoms with Gasteiger partial charge in [-0.2, -0.15) is 0 Å². The molecule has 2 aromatic carbocycles. The van der Waals surface area contributed by atoms with Crippen molar-refractivity contribution in [3.63, 3.8) is 0 Å². The van der Waals surface area contributed by atoms with Crippen molar-refractivity contribution < 1.29 is 9.53 Å². The largest absolute Gasteiger partial charge is 0.481 e. The number of benzene rings is 2. The molecule has 0 saturated carbocycles. The van der Waals surface area contributed by atoms with Gasteiger partial charge in [0.25, 0.3) is 5.91 Å². The molecule has 0 spiro atoms. The highest BCUT2D eigenvalue weighted by Gasteiger charge is 2.16. The van der Waals surface area contributed by atoms with Gasteiger partial charge in [-0.3, -0.25) is 4.79 Å². The van der Waals surface area contributed by atoms with E-state index >= 15 is 0 Å². The van der Waals surface area contributed by atoms with E-state index in [2.05, 4.69) is 26.1 Å². The number of anilines is 1. The number of hydrogen-bond acceptors (Lipinski definition) is 2. The Bertz CT molecular complexity index is 669. The molecule has 122 valence electrons. The van der Waals surface area contributed by atoms with Crippen LogP contribution in [0.4, 0.5) is 5.69 Å². The van der Waals surface area contributed by atoms with Gasteiger partial charge in [0.15, 0.2) is 6.10 Å². The van der Waals surface area contributed by atoms with Crippen molar-refractivity contribution >= 4 is 11.6 Å². The molecule has 3 heteroatoms. The Morgan fingerprint density at radius 2 is 1.74 bits per heavy atom. The van der Waals surface area contributed by atoms with Crippen LogP contribution >= 0.6 is 0 Å². The highest BCUT2D eigenvalue weighted by molar-refractivity contribution is 5.94. The molecule has 1 amide bonds. The predicted octanol–water partition coefficient (Wildman–Crippen LogP) is 4.70. The topological polar surface area (TPSA) is 38.3 Å². The molecule has 0 aliphatic heterocycles. The Kier molecular flexibility index (Phi) is 5.09. The van der Waals surface area contributed by atoms with E-state index in [1.54, 1.807) is 6.92 Å². The summed E-state index contributed by atoms with van der Waals surface area (Å²) >= 11 is 0. The standard InChI is InChI=1S/C20H25NO2/c1-14-7-6-8-17(13-14)21-19(22)15(2)23-18-11-9-16(10-12-18)20(3,4)5/h6-13,15H,1-5H3,(H,21,22)/t15-/m0/s1. The molecule has 0 heterocycles. The molecule has 0 aliphatic rings. The van der Waals surface area contributed by atoms with Crippen LogP contribution in [0.3, 0.4) is 0 Å². The summed E-state index contributed by atoms with van der Waals surface area (Å²) in [5.41, 5.74) is 3.23. The van der Waals surface area contributed by atoms with E-state index in [0.717, 1.165) is 11.3 Å². The third-order valence-corrected chi connectivity index (χ3v) is 3.69. The van der Waals surface area contributed by atoms with Gasteiger partial charge in [0.2, 0.25) is 0 Å². The highest BCUT2D eigenvalue weighted by atomic mass is 16.5. The average molecular weight is 311 g/mol. The second-order valence-electron chi connectivity index (χ2n) is 6.89. The Labute approximate surface area is 138 Å². The molecule has 0 aromatic heterocycles. The second kappa shape index (κ2) is 6.86. The molecular weight excluding hydrogens is 286 g/mol. The number of nitrogens with one attached hydrogen (secondary N) is 1. The SMILES string of the molecule is Cc1cccc(NC(=O)[C@H](C)Oc2ccc(C(C)(C)C)cc2)c1. The summed E-state index contributed by atoms with van der Waals surface area (Å²) in [4.78, 5) is 12.2. The Morgan fingerprint density at radius 3 is 2.30 bits per heavy atom. The number of amides is 1. The summed E-state index contributed by atoms with van der Waals surface area (Å²) in [5.74, 6) is 0.542.